The first-order valence-electron chi connectivity index (χ1n) is 7.93. The van der Waals surface area contributed by atoms with E-state index < -0.39 is 50.4 Å². The van der Waals surface area contributed by atoms with Gasteiger partial charge in [0.1, 0.15) is 5.25 Å². The van der Waals surface area contributed by atoms with Gasteiger partial charge in [0.25, 0.3) is 0 Å². The zero-order valence-corrected chi connectivity index (χ0v) is 15.2. The molecular weight excluding hydrogens is 416 g/mol. The summed E-state index contributed by atoms with van der Waals surface area (Å²) in [6.45, 7) is 1.25. The first-order valence-corrected chi connectivity index (χ1v) is 9.43. The molecule has 0 bridgehead atoms. The first-order chi connectivity index (χ1) is 12.8. The molecule has 1 aromatic carbocycles. The molecule has 1 fully saturated rings. The monoisotopic (exact) mass is 431 g/mol. The highest BCUT2D eigenvalue weighted by Gasteiger charge is 2.41. The summed E-state index contributed by atoms with van der Waals surface area (Å²) < 4.78 is 108. The smallest absolute Gasteiger partial charge is 0.416 e. The maximum absolute atomic E-state index is 13.0. The fourth-order valence-electron chi connectivity index (χ4n) is 2.61. The quantitative estimate of drug-likeness (QED) is 0.414. The fraction of sp³-hybridized carbons (Fsp3) is 0.438. The Morgan fingerprint density at radius 3 is 2.14 bits per heavy atom. The zero-order valence-electron chi connectivity index (χ0n) is 14.3. The number of halogens is 6. The molecule has 5 nitrogen and oxygen atoms in total. The van der Waals surface area contributed by atoms with Crippen LogP contribution in [-0.4, -0.2) is 32.8 Å². The topological polar surface area (TPSA) is 63.7 Å². The Labute approximate surface area is 156 Å². The van der Waals surface area contributed by atoms with Gasteiger partial charge in [-0.1, -0.05) is 6.08 Å². The lowest BCUT2D eigenvalue weighted by Gasteiger charge is -2.21. The third-order valence-electron chi connectivity index (χ3n) is 3.90. The molecule has 1 saturated heterocycles. The van der Waals surface area contributed by atoms with Crippen molar-refractivity contribution in [3.8, 4) is 0 Å². The minimum Gasteiger partial charge on any atom is -0.463 e. The molecule has 0 saturated carbocycles. The fourth-order valence-corrected chi connectivity index (χ4v) is 4.38. The van der Waals surface area contributed by atoms with Gasteiger partial charge in [-0.3, -0.25) is 4.31 Å². The van der Waals surface area contributed by atoms with E-state index in [4.69, 9.17) is 0 Å². The molecule has 1 aromatic rings. The highest BCUT2D eigenvalue weighted by atomic mass is 32.2. The van der Waals surface area contributed by atoms with Gasteiger partial charge in [0.15, 0.2) is 0 Å². The first kappa shape index (κ1) is 22.1. The van der Waals surface area contributed by atoms with Crippen molar-refractivity contribution in [3.05, 3.63) is 41.5 Å². The van der Waals surface area contributed by atoms with Gasteiger partial charge in [-0.15, -0.1) is 0 Å². The largest absolute Gasteiger partial charge is 0.463 e. The van der Waals surface area contributed by atoms with E-state index in [9.17, 15) is 39.6 Å². The highest BCUT2D eigenvalue weighted by Crippen LogP contribution is 2.40. The van der Waals surface area contributed by atoms with E-state index in [1.54, 1.807) is 0 Å². The zero-order chi connectivity index (χ0) is 21.3. The van der Waals surface area contributed by atoms with Crippen LogP contribution in [0.25, 0.3) is 0 Å². The molecular formula is C16H15F6NO4S. The van der Waals surface area contributed by atoms with Crippen LogP contribution in [0.4, 0.5) is 32.0 Å². The van der Waals surface area contributed by atoms with Crippen LogP contribution >= 0.6 is 0 Å². The number of benzene rings is 1. The van der Waals surface area contributed by atoms with Crippen molar-refractivity contribution in [2.75, 3.05) is 17.5 Å². The summed E-state index contributed by atoms with van der Waals surface area (Å²) in [5.41, 5.74) is -3.97. The maximum atomic E-state index is 13.0. The summed E-state index contributed by atoms with van der Waals surface area (Å²) in [6.07, 6.45) is -8.44. The van der Waals surface area contributed by atoms with Gasteiger partial charge < -0.3 is 4.74 Å². The molecule has 156 valence electrons. The Balaban J connectivity index is 2.44. The molecule has 0 amide bonds. The number of rotatable bonds is 4. The van der Waals surface area contributed by atoms with Crippen molar-refractivity contribution >= 4 is 21.7 Å². The van der Waals surface area contributed by atoms with Crippen molar-refractivity contribution in [1.82, 2.24) is 0 Å². The number of nitrogens with zero attached hydrogens (tertiary/aromatic N) is 1. The van der Waals surface area contributed by atoms with Crippen LogP contribution in [0.3, 0.4) is 0 Å². The lowest BCUT2D eigenvalue weighted by Crippen LogP contribution is -2.29. The van der Waals surface area contributed by atoms with E-state index in [-0.39, 0.29) is 25.6 Å². The molecule has 0 aliphatic carbocycles. The van der Waals surface area contributed by atoms with Crippen molar-refractivity contribution < 1.29 is 44.3 Å². The molecule has 12 heteroatoms. The molecule has 0 spiro atoms. The summed E-state index contributed by atoms with van der Waals surface area (Å²) in [7, 11) is -4.31. The molecule has 1 unspecified atom stereocenters. The molecule has 1 aliphatic rings. The van der Waals surface area contributed by atoms with Crippen molar-refractivity contribution in [3.63, 3.8) is 0 Å². The normalized spacial score (nSPS) is 20.0. The van der Waals surface area contributed by atoms with Gasteiger partial charge >= 0.3 is 18.3 Å². The Hall–Kier alpha value is -2.24. The number of hydrogen-bond acceptors (Lipinski definition) is 4. The molecule has 1 aliphatic heterocycles. The van der Waals surface area contributed by atoms with Crippen LogP contribution in [0, 0.1) is 0 Å². The number of carbonyl (C=O) groups is 1. The summed E-state index contributed by atoms with van der Waals surface area (Å²) in [5.74, 6) is -0.811. The van der Waals surface area contributed by atoms with Gasteiger partial charge in [0.05, 0.1) is 23.4 Å². The number of carbonyl (C=O) groups excluding carboxylic acids is 1. The Morgan fingerprint density at radius 2 is 1.68 bits per heavy atom. The van der Waals surface area contributed by atoms with Crippen LogP contribution in [-0.2, 0) is 31.9 Å². The minimum atomic E-state index is -5.09. The molecule has 1 heterocycles. The number of anilines is 1. The average Bonchev–Trinajstić information content (AvgIpc) is 2.85. The number of sulfonamides is 1. The number of ether oxygens (including phenoxy) is 1. The van der Waals surface area contributed by atoms with Gasteiger partial charge in [-0.05, 0) is 31.5 Å². The molecule has 0 aromatic heterocycles. The van der Waals surface area contributed by atoms with E-state index >= 15 is 0 Å². The lowest BCUT2D eigenvalue weighted by atomic mass is 10.1. The van der Waals surface area contributed by atoms with Crippen molar-refractivity contribution in [1.29, 1.82) is 0 Å². The van der Waals surface area contributed by atoms with Gasteiger partial charge in [-0.2, -0.15) is 26.3 Å². The Bertz CT molecular complexity index is 844. The second kappa shape index (κ2) is 7.64. The van der Waals surface area contributed by atoms with Gasteiger partial charge in [0.2, 0.25) is 10.0 Å². The van der Waals surface area contributed by atoms with E-state index in [1.165, 1.54) is 6.92 Å². The third kappa shape index (κ3) is 4.78. The Morgan fingerprint density at radius 1 is 1.14 bits per heavy atom. The molecule has 2 rings (SSSR count). The molecule has 0 radical (unpaired) electrons. The number of alkyl halides is 6. The third-order valence-corrected chi connectivity index (χ3v) is 6.07. The van der Waals surface area contributed by atoms with Crippen LogP contribution in [0.5, 0.6) is 0 Å². The Kier molecular flexibility index (Phi) is 6.02. The lowest BCUT2D eigenvalue weighted by molar-refractivity contribution is -0.143. The van der Waals surface area contributed by atoms with Gasteiger partial charge in [0, 0.05) is 12.6 Å². The van der Waals surface area contributed by atoms with Crippen LogP contribution < -0.4 is 4.31 Å². The number of hydrogen-bond donors (Lipinski definition) is 0. The summed E-state index contributed by atoms with van der Waals surface area (Å²) in [5, 5.41) is -1.28. The van der Waals surface area contributed by atoms with Crippen LogP contribution in [0.1, 0.15) is 24.5 Å². The maximum Gasteiger partial charge on any atom is 0.416 e. The number of esters is 1. The van der Waals surface area contributed by atoms with Crippen LogP contribution in [0.15, 0.2) is 30.4 Å². The van der Waals surface area contributed by atoms with E-state index in [1.807, 2.05) is 0 Å². The summed E-state index contributed by atoms with van der Waals surface area (Å²) >= 11 is 0. The second-order valence-electron chi connectivity index (χ2n) is 5.82. The minimum absolute atomic E-state index is 0.0527. The average molecular weight is 431 g/mol. The molecule has 0 N–H and O–H groups in total. The van der Waals surface area contributed by atoms with Crippen molar-refractivity contribution in [2.45, 2.75) is 30.9 Å². The SMILES string of the molecule is CCOC(=O)C=CC1CCN(c2cc(C(F)(F)F)cc(C(F)(F)F)c2)S1(=O)=O. The summed E-state index contributed by atoms with van der Waals surface area (Å²) in [4.78, 5) is 11.3. The van der Waals surface area contributed by atoms with Crippen molar-refractivity contribution in [2.24, 2.45) is 0 Å². The predicted octanol–water partition coefficient (Wildman–Crippen LogP) is 3.75. The summed E-state index contributed by atoms with van der Waals surface area (Å²) in [6, 6.07) is 0.624. The van der Waals surface area contributed by atoms with Gasteiger partial charge in [-0.25, -0.2) is 13.2 Å². The molecule has 28 heavy (non-hydrogen) atoms. The van der Waals surface area contributed by atoms with E-state index in [0.29, 0.717) is 16.4 Å². The standard InChI is InChI=1S/C16H15F6NO4S/c1-2-27-14(24)4-3-13-5-6-23(28(13,25)26)12-8-10(15(17,18)19)7-11(9-12)16(20,21)22/h3-4,7-9,13H,2,5-6H2,1H3. The predicted molar refractivity (Wildman–Crippen MR) is 86.9 cm³/mol. The van der Waals surface area contributed by atoms with E-state index in [0.717, 1.165) is 12.2 Å². The highest BCUT2D eigenvalue weighted by molar-refractivity contribution is 7.93. The molecule has 1 atom stereocenters. The van der Waals surface area contributed by atoms with Crippen LogP contribution in [0.2, 0.25) is 0 Å². The van der Waals surface area contributed by atoms with E-state index in [2.05, 4.69) is 4.74 Å². The second-order valence-corrected chi connectivity index (χ2v) is 7.90.